The van der Waals surface area contributed by atoms with Crippen molar-refractivity contribution in [2.24, 2.45) is 0 Å². The Bertz CT molecular complexity index is 3100. The van der Waals surface area contributed by atoms with Gasteiger partial charge in [0, 0.05) is 32.7 Å². The Labute approximate surface area is 301 Å². The number of para-hydroxylation sites is 3. The molecule has 2 heterocycles. The first-order valence-electron chi connectivity index (χ1n) is 18.0. The number of fused-ring (bicyclic) bond motifs is 11. The summed E-state index contributed by atoms with van der Waals surface area (Å²) < 4.78 is 2.41. The van der Waals surface area contributed by atoms with Crippen LogP contribution in [0.1, 0.15) is 25.0 Å². The number of rotatable bonds is 3. The summed E-state index contributed by atoms with van der Waals surface area (Å²) >= 11 is 0. The highest BCUT2D eigenvalue weighted by atomic mass is 15.1. The molecule has 8 aromatic carbocycles. The second-order valence-electron chi connectivity index (χ2n) is 14.6. The molecule has 0 spiro atoms. The Hall–Kier alpha value is -6.58. The lowest BCUT2D eigenvalue weighted by atomic mass is 9.81. The predicted molar refractivity (Wildman–Crippen MR) is 217 cm³/mol. The second kappa shape index (κ2) is 10.7. The van der Waals surface area contributed by atoms with Crippen LogP contribution in [0.25, 0.3) is 93.7 Å². The van der Waals surface area contributed by atoms with Gasteiger partial charge >= 0.3 is 0 Å². The van der Waals surface area contributed by atoms with E-state index < -0.39 is 0 Å². The van der Waals surface area contributed by atoms with E-state index in [1.807, 2.05) is 12.1 Å². The fourth-order valence-corrected chi connectivity index (χ4v) is 8.88. The molecule has 0 fully saturated rings. The highest BCUT2D eigenvalue weighted by Gasteiger charge is 2.37. The molecular formula is C49H33N3. The molecule has 0 saturated heterocycles. The van der Waals surface area contributed by atoms with E-state index in [9.17, 15) is 0 Å². The van der Waals surface area contributed by atoms with Crippen molar-refractivity contribution in [1.82, 2.24) is 14.5 Å². The van der Waals surface area contributed by atoms with Crippen molar-refractivity contribution < 1.29 is 0 Å². The highest BCUT2D eigenvalue weighted by molar-refractivity contribution is 6.21. The lowest BCUT2D eigenvalue weighted by Crippen LogP contribution is -2.15. The van der Waals surface area contributed by atoms with Crippen LogP contribution in [0.2, 0.25) is 0 Å². The summed E-state index contributed by atoms with van der Waals surface area (Å²) in [7, 11) is 0. The minimum Gasteiger partial charge on any atom is -0.291 e. The molecule has 0 saturated carbocycles. The first-order chi connectivity index (χ1) is 25.6. The summed E-state index contributed by atoms with van der Waals surface area (Å²) in [6.07, 6.45) is 0. The van der Waals surface area contributed by atoms with Crippen molar-refractivity contribution in [2.45, 2.75) is 19.3 Å². The number of nitrogens with zero attached hydrogens (tertiary/aromatic N) is 3. The maximum Gasteiger partial charge on any atom is 0.165 e. The molecule has 0 aliphatic heterocycles. The number of hydrogen-bond acceptors (Lipinski definition) is 2. The van der Waals surface area contributed by atoms with Crippen LogP contribution in [-0.4, -0.2) is 14.5 Å². The third-order valence-corrected chi connectivity index (χ3v) is 11.4. The van der Waals surface area contributed by atoms with Crippen molar-refractivity contribution in [1.29, 1.82) is 0 Å². The second-order valence-corrected chi connectivity index (χ2v) is 14.6. The van der Waals surface area contributed by atoms with Crippen molar-refractivity contribution in [3.05, 3.63) is 175 Å². The molecule has 1 aliphatic rings. The molecular weight excluding hydrogens is 631 g/mol. The third kappa shape index (κ3) is 4.02. The minimum atomic E-state index is -0.147. The van der Waals surface area contributed by atoms with E-state index in [-0.39, 0.29) is 5.41 Å². The van der Waals surface area contributed by atoms with E-state index in [0.29, 0.717) is 0 Å². The minimum absolute atomic E-state index is 0.147. The zero-order chi connectivity index (χ0) is 34.6. The van der Waals surface area contributed by atoms with Gasteiger partial charge in [-0.1, -0.05) is 159 Å². The van der Waals surface area contributed by atoms with Gasteiger partial charge in [-0.3, -0.25) is 4.57 Å². The lowest BCUT2D eigenvalue weighted by molar-refractivity contribution is 0.661. The van der Waals surface area contributed by atoms with Gasteiger partial charge in [0.2, 0.25) is 0 Å². The summed E-state index contributed by atoms with van der Waals surface area (Å²) in [6, 6.07) is 59.2. The van der Waals surface area contributed by atoms with E-state index in [2.05, 4.69) is 170 Å². The van der Waals surface area contributed by atoms with Crippen LogP contribution in [0.3, 0.4) is 0 Å². The zero-order valence-corrected chi connectivity index (χ0v) is 28.9. The maximum absolute atomic E-state index is 5.47. The van der Waals surface area contributed by atoms with Crippen molar-refractivity contribution in [2.75, 3.05) is 0 Å². The molecule has 3 nitrogen and oxygen atoms in total. The Morgan fingerprint density at radius 2 is 1.10 bits per heavy atom. The van der Waals surface area contributed by atoms with Gasteiger partial charge < -0.3 is 0 Å². The monoisotopic (exact) mass is 663 g/mol. The summed E-state index contributed by atoms with van der Waals surface area (Å²) in [5, 5.41) is 7.37. The van der Waals surface area contributed by atoms with Gasteiger partial charge in [-0.2, -0.15) is 0 Å². The van der Waals surface area contributed by atoms with E-state index in [1.54, 1.807) is 0 Å². The smallest absolute Gasteiger partial charge is 0.165 e. The van der Waals surface area contributed by atoms with Crippen LogP contribution in [0, 0.1) is 0 Å². The van der Waals surface area contributed by atoms with Gasteiger partial charge in [-0.15, -0.1) is 0 Å². The summed E-state index contributed by atoms with van der Waals surface area (Å²) in [4.78, 5) is 10.8. The topological polar surface area (TPSA) is 30.7 Å². The van der Waals surface area contributed by atoms with E-state index in [1.165, 1.54) is 65.7 Å². The Morgan fingerprint density at radius 1 is 0.442 bits per heavy atom. The van der Waals surface area contributed by atoms with Crippen LogP contribution in [0.4, 0.5) is 0 Å². The standard InChI is InChI=1S/C49H33N3/c1-49(2)40-28-25-30-13-6-8-17-34(30)44(40)39-27-24-33(29-41(39)49)36-19-12-20-37-38-26-23-31-14-7-9-18-35(31)46(38)52(47(36)37)48-45(32-15-4-3-5-16-32)50-42-21-10-11-22-43(42)51-48/h3-29H,1-2H3. The molecule has 0 bridgehead atoms. The van der Waals surface area contributed by atoms with Gasteiger partial charge in [0.25, 0.3) is 0 Å². The maximum atomic E-state index is 5.47. The van der Waals surface area contributed by atoms with Gasteiger partial charge in [0.1, 0.15) is 5.69 Å². The Morgan fingerprint density at radius 3 is 1.92 bits per heavy atom. The van der Waals surface area contributed by atoms with E-state index in [4.69, 9.17) is 9.97 Å². The summed E-state index contributed by atoms with van der Waals surface area (Å²) in [5.41, 5.74) is 13.6. The summed E-state index contributed by atoms with van der Waals surface area (Å²) in [5.74, 6) is 0.828. The fraction of sp³-hybridized carbons (Fsp3) is 0.0612. The van der Waals surface area contributed by atoms with E-state index in [0.717, 1.165) is 39.1 Å². The summed E-state index contributed by atoms with van der Waals surface area (Å²) in [6.45, 7) is 4.74. The van der Waals surface area contributed by atoms with Crippen LogP contribution in [0.5, 0.6) is 0 Å². The van der Waals surface area contributed by atoms with Crippen molar-refractivity contribution in [3.8, 4) is 39.3 Å². The average molecular weight is 664 g/mol. The molecule has 3 heteroatoms. The largest absolute Gasteiger partial charge is 0.291 e. The van der Waals surface area contributed by atoms with Crippen LogP contribution in [0.15, 0.2) is 164 Å². The van der Waals surface area contributed by atoms with Crippen LogP contribution < -0.4 is 0 Å². The van der Waals surface area contributed by atoms with Crippen LogP contribution in [-0.2, 0) is 5.41 Å². The molecule has 244 valence electrons. The number of hydrogen-bond donors (Lipinski definition) is 0. The molecule has 0 atom stereocenters. The predicted octanol–water partition coefficient (Wildman–Crippen LogP) is 12.7. The first kappa shape index (κ1) is 29.2. The SMILES string of the molecule is CC1(C)c2cc(-c3cccc4c5ccc6ccccc6c5n(-c5nc6ccccc6nc5-c5ccccc5)c34)ccc2-c2c1ccc1ccccc21. The molecule has 10 aromatic rings. The van der Waals surface area contributed by atoms with Crippen LogP contribution >= 0.6 is 0 Å². The zero-order valence-electron chi connectivity index (χ0n) is 28.9. The molecule has 0 radical (unpaired) electrons. The van der Waals surface area contributed by atoms with Crippen molar-refractivity contribution >= 4 is 54.4 Å². The molecule has 2 aromatic heterocycles. The Balaban J connectivity index is 1.26. The highest BCUT2D eigenvalue weighted by Crippen LogP contribution is 2.53. The molecule has 52 heavy (non-hydrogen) atoms. The van der Waals surface area contributed by atoms with Gasteiger partial charge in [0.15, 0.2) is 5.82 Å². The average Bonchev–Trinajstić information content (AvgIpc) is 3.66. The molecule has 0 amide bonds. The Kier molecular flexibility index (Phi) is 6.01. The van der Waals surface area contributed by atoms with E-state index >= 15 is 0 Å². The number of aromatic nitrogens is 3. The number of benzene rings is 8. The van der Waals surface area contributed by atoms with Gasteiger partial charge in [-0.25, -0.2) is 9.97 Å². The third-order valence-electron chi connectivity index (χ3n) is 11.4. The van der Waals surface area contributed by atoms with Crippen molar-refractivity contribution in [3.63, 3.8) is 0 Å². The fourth-order valence-electron chi connectivity index (χ4n) is 8.88. The lowest BCUT2D eigenvalue weighted by Gasteiger charge is -2.22. The normalized spacial score (nSPS) is 13.3. The quantitative estimate of drug-likeness (QED) is 0.188. The first-order valence-corrected chi connectivity index (χ1v) is 18.0. The molecule has 1 aliphatic carbocycles. The van der Waals surface area contributed by atoms with Gasteiger partial charge in [-0.05, 0) is 62.2 Å². The molecule has 0 unspecified atom stereocenters. The molecule has 0 N–H and O–H groups in total. The molecule has 11 rings (SSSR count). The van der Waals surface area contributed by atoms with Gasteiger partial charge in [0.05, 0.1) is 22.1 Å².